The molecular formula is C16H24N4O2. The van der Waals surface area contributed by atoms with Crippen LogP contribution >= 0.6 is 0 Å². The largest absolute Gasteiger partial charge is 0.444 e. The Bertz CT molecular complexity index is 658. The van der Waals surface area contributed by atoms with E-state index >= 15 is 0 Å². The number of rotatable bonds is 4. The summed E-state index contributed by atoms with van der Waals surface area (Å²) in [4.78, 5) is 16.0. The van der Waals surface area contributed by atoms with Crippen molar-refractivity contribution in [1.82, 2.24) is 14.9 Å². The molecule has 0 saturated heterocycles. The topological polar surface area (TPSA) is 82.2 Å². The highest BCUT2D eigenvalue weighted by Gasteiger charge is 2.17. The Morgan fingerprint density at radius 2 is 2.23 bits per heavy atom. The lowest BCUT2D eigenvalue weighted by Crippen LogP contribution is -2.41. The van der Waals surface area contributed by atoms with E-state index in [2.05, 4.69) is 10.3 Å². The first-order valence-electron chi connectivity index (χ1n) is 7.37. The van der Waals surface area contributed by atoms with Gasteiger partial charge in [0, 0.05) is 37.4 Å². The van der Waals surface area contributed by atoms with Crippen molar-refractivity contribution in [2.24, 2.45) is 12.8 Å². The highest BCUT2D eigenvalue weighted by molar-refractivity contribution is 5.80. The molecule has 0 aliphatic rings. The fraction of sp³-hybridized carbons (Fsp3) is 0.500. The van der Waals surface area contributed by atoms with Crippen LogP contribution in [0.3, 0.4) is 0 Å². The Hall–Kier alpha value is -2.08. The van der Waals surface area contributed by atoms with Gasteiger partial charge in [0.15, 0.2) is 0 Å². The molecule has 0 spiro atoms. The summed E-state index contributed by atoms with van der Waals surface area (Å²) >= 11 is 0. The molecule has 22 heavy (non-hydrogen) atoms. The smallest absolute Gasteiger partial charge is 0.407 e. The maximum Gasteiger partial charge on any atom is 0.407 e. The van der Waals surface area contributed by atoms with Crippen molar-refractivity contribution in [3.8, 4) is 0 Å². The summed E-state index contributed by atoms with van der Waals surface area (Å²) in [5.41, 5.74) is 7.68. The number of ether oxygens (including phenoxy) is 1. The normalized spacial score (nSPS) is 13.1. The summed E-state index contributed by atoms with van der Waals surface area (Å²) in [6.07, 6.45) is 4.03. The Balaban J connectivity index is 1.94. The van der Waals surface area contributed by atoms with Crippen LogP contribution in [0.1, 0.15) is 26.3 Å². The molecule has 6 nitrogen and oxygen atoms in total. The average Bonchev–Trinajstić information content (AvgIpc) is 2.72. The molecule has 0 aliphatic carbocycles. The monoisotopic (exact) mass is 304 g/mol. The van der Waals surface area contributed by atoms with Gasteiger partial charge in [-0.25, -0.2) is 9.78 Å². The molecule has 1 amide bonds. The van der Waals surface area contributed by atoms with E-state index in [1.807, 2.05) is 50.7 Å². The molecule has 0 aliphatic heterocycles. The van der Waals surface area contributed by atoms with Crippen molar-refractivity contribution < 1.29 is 9.53 Å². The van der Waals surface area contributed by atoms with Crippen LogP contribution in [-0.4, -0.2) is 33.8 Å². The number of hydrogen-bond donors (Lipinski definition) is 2. The number of amides is 1. The number of alkyl carbamates (subject to hydrolysis) is 1. The van der Waals surface area contributed by atoms with Crippen molar-refractivity contribution in [2.75, 3.05) is 6.54 Å². The summed E-state index contributed by atoms with van der Waals surface area (Å²) < 4.78 is 7.18. The zero-order chi connectivity index (χ0) is 16.3. The molecule has 6 heteroatoms. The highest BCUT2D eigenvalue weighted by Crippen LogP contribution is 2.19. The molecular weight excluding hydrogens is 280 g/mol. The number of carbonyl (C=O) groups is 1. The molecule has 0 saturated carbocycles. The first-order valence-corrected chi connectivity index (χ1v) is 7.37. The van der Waals surface area contributed by atoms with Crippen LogP contribution in [0.4, 0.5) is 4.79 Å². The van der Waals surface area contributed by atoms with Gasteiger partial charge in [-0.2, -0.15) is 0 Å². The molecule has 2 rings (SSSR count). The van der Waals surface area contributed by atoms with Crippen LogP contribution in [0, 0.1) is 0 Å². The first kappa shape index (κ1) is 16.3. The lowest BCUT2D eigenvalue weighted by molar-refractivity contribution is 0.0524. The fourth-order valence-corrected chi connectivity index (χ4v) is 2.34. The van der Waals surface area contributed by atoms with E-state index in [1.54, 1.807) is 6.20 Å². The number of aromatic nitrogens is 2. The molecule has 2 aromatic heterocycles. The van der Waals surface area contributed by atoms with Gasteiger partial charge in [-0.1, -0.05) is 0 Å². The Kier molecular flexibility index (Phi) is 4.71. The van der Waals surface area contributed by atoms with E-state index in [-0.39, 0.29) is 6.04 Å². The van der Waals surface area contributed by atoms with Gasteiger partial charge in [0.1, 0.15) is 11.2 Å². The van der Waals surface area contributed by atoms with Gasteiger partial charge in [-0.15, -0.1) is 0 Å². The molecule has 1 unspecified atom stereocenters. The van der Waals surface area contributed by atoms with Gasteiger partial charge in [-0.05, 0) is 44.9 Å². The second-order valence-corrected chi connectivity index (χ2v) is 6.49. The van der Waals surface area contributed by atoms with E-state index in [1.165, 1.54) is 0 Å². The Morgan fingerprint density at radius 3 is 2.91 bits per heavy atom. The number of aryl methyl sites for hydroxylation is 1. The van der Waals surface area contributed by atoms with Gasteiger partial charge in [-0.3, -0.25) is 0 Å². The molecule has 1 atom stereocenters. The molecule has 0 fully saturated rings. The average molecular weight is 304 g/mol. The van der Waals surface area contributed by atoms with Crippen LogP contribution in [0.25, 0.3) is 11.0 Å². The van der Waals surface area contributed by atoms with Gasteiger partial charge >= 0.3 is 6.09 Å². The van der Waals surface area contributed by atoms with Crippen LogP contribution in [0.2, 0.25) is 0 Å². The summed E-state index contributed by atoms with van der Waals surface area (Å²) in [7, 11) is 1.96. The van der Waals surface area contributed by atoms with Crippen molar-refractivity contribution >= 4 is 17.1 Å². The minimum absolute atomic E-state index is 0.182. The number of nitrogens with zero attached hydrogens (tertiary/aromatic N) is 2. The maximum absolute atomic E-state index is 11.6. The second-order valence-electron chi connectivity index (χ2n) is 6.49. The van der Waals surface area contributed by atoms with E-state index < -0.39 is 11.7 Å². The summed E-state index contributed by atoms with van der Waals surface area (Å²) in [6, 6.07) is 3.76. The zero-order valence-corrected chi connectivity index (χ0v) is 13.6. The Labute approximate surface area is 130 Å². The van der Waals surface area contributed by atoms with Crippen LogP contribution in [0.15, 0.2) is 24.5 Å². The quantitative estimate of drug-likeness (QED) is 0.904. The van der Waals surface area contributed by atoms with Crippen molar-refractivity contribution in [3.05, 3.63) is 30.1 Å². The predicted molar refractivity (Wildman–Crippen MR) is 86.6 cm³/mol. The van der Waals surface area contributed by atoms with E-state index in [0.717, 1.165) is 16.6 Å². The maximum atomic E-state index is 11.6. The van der Waals surface area contributed by atoms with E-state index in [0.29, 0.717) is 13.0 Å². The second kappa shape index (κ2) is 6.36. The van der Waals surface area contributed by atoms with Gasteiger partial charge in [0.05, 0.1) is 0 Å². The summed E-state index contributed by atoms with van der Waals surface area (Å²) in [5.74, 6) is 0. The molecule has 0 bridgehead atoms. The van der Waals surface area contributed by atoms with Crippen LogP contribution < -0.4 is 11.1 Å². The summed E-state index contributed by atoms with van der Waals surface area (Å²) in [6.45, 7) is 5.85. The number of nitrogens with two attached hydrogens (primary N) is 1. The van der Waals surface area contributed by atoms with Gasteiger partial charge in [0.2, 0.25) is 0 Å². The minimum atomic E-state index is -0.504. The molecule has 120 valence electrons. The SMILES string of the molecule is Cn1cc(CC(N)CNC(=O)OC(C)(C)C)c2cccnc21. The van der Waals surface area contributed by atoms with E-state index in [9.17, 15) is 4.79 Å². The van der Waals surface area contributed by atoms with Crippen molar-refractivity contribution in [1.29, 1.82) is 0 Å². The van der Waals surface area contributed by atoms with Crippen molar-refractivity contribution in [3.63, 3.8) is 0 Å². The van der Waals surface area contributed by atoms with Crippen LogP contribution in [-0.2, 0) is 18.2 Å². The molecule has 2 heterocycles. The molecule has 0 aromatic carbocycles. The molecule has 3 N–H and O–H groups in total. The predicted octanol–water partition coefficient (Wildman–Crippen LogP) is 1.97. The third-order valence-electron chi connectivity index (χ3n) is 3.21. The number of carbonyl (C=O) groups excluding carboxylic acids is 1. The van der Waals surface area contributed by atoms with Crippen LogP contribution in [0.5, 0.6) is 0 Å². The highest BCUT2D eigenvalue weighted by atomic mass is 16.6. The third kappa shape index (κ3) is 4.21. The molecule has 0 radical (unpaired) electrons. The summed E-state index contributed by atoms with van der Waals surface area (Å²) in [5, 5.41) is 3.80. The lowest BCUT2D eigenvalue weighted by atomic mass is 10.1. The minimum Gasteiger partial charge on any atom is -0.444 e. The third-order valence-corrected chi connectivity index (χ3v) is 3.21. The first-order chi connectivity index (χ1) is 10.3. The number of hydrogen-bond acceptors (Lipinski definition) is 4. The lowest BCUT2D eigenvalue weighted by Gasteiger charge is -2.20. The standard InChI is InChI=1S/C16H24N4O2/c1-16(2,3)22-15(21)19-9-12(17)8-11-10-20(4)14-13(11)6-5-7-18-14/h5-7,10,12H,8-9,17H2,1-4H3,(H,19,21). The number of pyridine rings is 1. The fourth-order valence-electron chi connectivity index (χ4n) is 2.34. The number of fused-ring (bicyclic) bond motifs is 1. The molecule has 2 aromatic rings. The van der Waals surface area contributed by atoms with Gasteiger partial charge in [0.25, 0.3) is 0 Å². The zero-order valence-electron chi connectivity index (χ0n) is 13.6. The van der Waals surface area contributed by atoms with E-state index in [4.69, 9.17) is 10.5 Å². The van der Waals surface area contributed by atoms with Crippen molar-refractivity contribution in [2.45, 2.75) is 38.8 Å². The number of nitrogens with one attached hydrogen (secondary N) is 1. The Morgan fingerprint density at radius 1 is 1.50 bits per heavy atom. The van der Waals surface area contributed by atoms with Gasteiger partial charge < -0.3 is 20.4 Å².